The molecule has 0 aromatic carbocycles. The van der Waals surface area contributed by atoms with Gasteiger partial charge < -0.3 is 10.6 Å². The molecule has 17 heavy (non-hydrogen) atoms. The van der Waals surface area contributed by atoms with Gasteiger partial charge in [0.15, 0.2) is 0 Å². The van der Waals surface area contributed by atoms with E-state index in [1.165, 1.54) is 0 Å². The SMILES string of the molecule is CCC(C)CN(C)C(=O)C1(C(N)=S)CC(C)C1. The van der Waals surface area contributed by atoms with E-state index >= 15 is 0 Å². The Morgan fingerprint density at radius 2 is 2.12 bits per heavy atom. The molecule has 0 radical (unpaired) electrons. The number of hydrogen-bond donors (Lipinski definition) is 1. The Balaban J connectivity index is 2.70. The fourth-order valence-electron chi connectivity index (χ4n) is 2.66. The fraction of sp³-hybridized carbons (Fsp3) is 0.846. The van der Waals surface area contributed by atoms with Crippen LogP contribution in [0.3, 0.4) is 0 Å². The van der Waals surface area contributed by atoms with Crippen molar-refractivity contribution in [2.24, 2.45) is 23.0 Å². The maximum atomic E-state index is 12.4. The second-order valence-corrected chi connectivity index (χ2v) is 6.10. The molecule has 1 amide bonds. The Kier molecular flexibility index (Phi) is 4.53. The standard InChI is InChI=1S/C13H24N2OS/c1-5-9(2)8-15(4)12(16)13(11(14)17)6-10(3)7-13/h9-10H,5-8H2,1-4H3,(H2,14,17). The van der Waals surface area contributed by atoms with Crippen molar-refractivity contribution in [3.05, 3.63) is 0 Å². The summed E-state index contributed by atoms with van der Waals surface area (Å²) < 4.78 is 0. The Morgan fingerprint density at radius 1 is 1.59 bits per heavy atom. The molecular weight excluding hydrogens is 232 g/mol. The number of carbonyl (C=O) groups is 1. The van der Waals surface area contributed by atoms with E-state index in [0.29, 0.717) is 16.8 Å². The normalized spacial score (nSPS) is 29.3. The number of carbonyl (C=O) groups excluding carboxylic acids is 1. The molecule has 98 valence electrons. The topological polar surface area (TPSA) is 46.3 Å². The molecule has 0 aromatic heterocycles. The molecule has 0 saturated heterocycles. The first-order chi connectivity index (χ1) is 7.83. The lowest BCUT2D eigenvalue weighted by atomic mass is 9.61. The summed E-state index contributed by atoms with van der Waals surface area (Å²) in [5.41, 5.74) is 5.24. The van der Waals surface area contributed by atoms with E-state index in [1.807, 2.05) is 7.05 Å². The van der Waals surface area contributed by atoms with Crippen molar-refractivity contribution in [1.82, 2.24) is 4.90 Å². The Morgan fingerprint density at radius 3 is 2.47 bits per heavy atom. The van der Waals surface area contributed by atoms with Gasteiger partial charge >= 0.3 is 0 Å². The van der Waals surface area contributed by atoms with Crippen LogP contribution < -0.4 is 5.73 Å². The van der Waals surface area contributed by atoms with Gasteiger partial charge in [0.05, 0.1) is 10.4 Å². The molecule has 1 saturated carbocycles. The number of amides is 1. The molecule has 1 aliphatic rings. The van der Waals surface area contributed by atoms with E-state index in [0.717, 1.165) is 25.8 Å². The van der Waals surface area contributed by atoms with Crippen LogP contribution in [0, 0.1) is 17.3 Å². The van der Waals surface area contributed by atoms with Gasteiger partial charge in [0, 0.05) is 13.6 Å². The predicted molar refractivity (Wildman–Crippen MR) is 74.7 cm³/mol. The van der Waals surface area contributed by atoms with Crippen LogP contribution >= 0.6 is 12.2 Å². The first-order valence-corrected chi connectivity index (χ1v) is 6.79. The maximum absolute atomic E-state index is 12.4. The van der Waals surface area contributed by atoms with Crippen molar-refractivity contribution >= 4 is 23.1 Å². The smallest absolute Gasteiger partial charge is 0.235 e. The average molecular weight is 256 g/mol. The zero-order valence-electron chi connectivity index (χ0n) is 11.3. The third kappa shape index (κ3) is 2.79. The molecule has 2 N–H and O–H groups in total. The summed E-state index contributed by atoms with van der Waals surface area (Å²) in [6.07, 6.45) is 2.70. The van der Waals surface area contributed by atoms with Gasteiger partial charge in [0.2, 0.25) is 5.91 Å². The minimum Gasteiger partial charge on any atom is -0.392 e. The summed E-state index contributed by atoms with van der Waals surface area (Å²) in [5.74, 6) is 1.19. The van der Waals surface area contributed by atoms with Crippen LogP contribution in [0.5, 0.6) is 0 Å². The molecule has 0 aliphatic heterocycles. The zero-order valence-corrected chi connectivity index (χ0v) is 12.1. The summed E-state index contributed by atoms with van der Waals surface area (Å²) in [4.78, 5) is 14.6. The molecule has 0 aromatic rings. The Bertz CT molecular complexity index is 311. The highest BCUT2D eigenvalue weighted by molar-refractivity contribution is 7.80. The van der Waals surface area contributed by atoms with E-state index < -0.39 is 5.41 Å². The van der Waals surface area contributed by atoms with Gasteiger partial charge in [-0.15, -0.1) is 0 Å². The summed E-state index contributed by atoms with van der Waals surface area (Å²) in [7, 11) is 1.86. The van der Waals surface area contributed by atoms with Gasteiger partial charge in [-0.05, 0) is 24.7 Å². The second kappa shape index (κ2) is 5.34. The molecule has 4 heteroatoms. The largest absolute Gasteiger partial charge is 0.392 e. The molecule has 1 rings (SSSR count). The molecule has 1 fully saturated rings. The monoisotopic (exact) mass is 256 g/mol. The molecule has 0 bridgehead atoms. The molecule has 0 spiro atoms. The highest BCUT2D eigenvalue weighted by atomic mass is 32.1. The van der Waals surface area contributed by atoms with Gasteiger partial charge in [0.1, 0.15) is 0 Å². The van der Waals surface area contributed by atoms with Gasteiger partial charge in [-0.25, -0.2) is 0 Å². The third-order valence-corrected chi connectivity index (χ3v) is 4.29. The summed E-state index contributed by atoms with van der Waals surface area (Å²) in [6, 6.07) is 0. The van der Waals surface area contributed by atoms with Gasteiger partial charge in [-0.3, -0.25) is 4.79 Å². The number of rotatable bonds is 5. The fourth-order valence-corrected chi connectivity index (χ4v) is 2.91. The lowest BCUT2D eigenvalue weighted by molar-refractivity contribution is -0.143. The number of hydrogen-bond acceptors (Lipinski definition) is 2. The molecule has 3 nitrogen and oxygen atoms in total. The van der Waals surface area contributed by atoms with Crippen molar-refractivity contribution < 1.29 is 4.79 Å². The van der Waals surface area contributed by atoms with Crippen LogP contribution in [0.4, 0.5) is 0 Å². The number of nitrogens with two attached hydrogens (primary N) is 1. The Hall–Kier alpha value is -0.640. The summed E-state index contributed by atoms with van der Waals surface area (Å²) >= 11 is 5.10. The zero-order chi connectivity index (χ0) is 13.2. The summed E-state index contributed by atoms with van der Waals surface area (Å²) in [6.45, 7) is 7.21. The molecule has 1 aliphatic carbocycles. The van der Waals surface area contributed by atoms with Crippen LogP contribution in [0.25, 0.3) is 0 Å². The van der Waals surface area contributed by atoms with Crippen LogP contribution in [-0.2, 0) is 4.79 Å². The highest BCUT2D eigenvalue weighted by Crippen LogP contribution is 2.47. The van der Waals surface area contributed by atoms with Crippen molar-refractivity contribution in [3.8, 4) is 0 Å². The van der Waals surface area contributed by atoms with Gasteiger partial charge in [-0.1, -0.05) is 39.4 Å². The average Bonchev–Trinajstić information content (AvgIpc) is 2.22. The number of thiocarbonyl (C=S) groups is 1. The predicted octanol–water partition coefficient (Wildman–Crippen LogP) is 2.19. The molecule has 1 unspecified atom stereocenters. The third-order valence-electron chi connectivity index (χ3n) is 3.90. The van der Waals surface area contributed by atoms with E-state index in [4.69, 9.17) is 18.0 Å². The van der Waals surface area contributed by atoms with Crippen LogP contribution in [0.15, 0.2) is 0 Å². The van der Waals surface area contributed by atoms with Crippen LogP contribution in [-0.4, -0.2) is 29.4 Å². The molecular formula is C13H24N2OS. The van der Waals surface area contributed by atoms with Gasteiger partial charge in [-0.2, -0.15) is 0 Å². The second-order valence-electron chi connectivity index (χ2n) is 5.66. The summed E-state index contributed by atoms with van der Waals surface area (Å²) in [5, 5.41) is 0. The lowest BCUT2D eigenvalue weighted by Crippen LogP contribution is -2.56. The van der Waals surface area contributed by atoms with E-state index in [-0.39, 0.29) is 5.91 Å². The first-order valence-electron chi connectivity index (χ1n) is 6.39. The van der Waals surface area contributed by atoms with Crippen molar-refractivity contribution in [3.63, 3.8) is 0 Å². The molecule has 1 atom stereocenters. The van der Waals surface area contributed by atoms with E-state index in [9.17, 15) is 4.79 Å². The number of nitrogens with zero attached hydrogens (tertiary/aromatic N) is 1. The molecule has 0 heterocycles. The Labute approximate surface area is 110 Å². The van der Waals surface area contributed by atoms with Crippen molar-refractivity contribution in [1.29, 1.82) is 0 Å². The van der Waals surface area contributed by atoms with Gasteiger partial charge in [0.25, 0.3) is 0 Å². The quantitative estimate of drug-likeness (QED) is 0.767. The van der Waals surface area contributed by atoms with E-state index in [1.54, 1.807) is 4.90 Å². The van der Waals surface area contributed by atoms with Crippen LogP contribution in [0.1, 0.15) is 40.0 Å². The van der Waals surface area contributed by atoms with Crippen molar-refractivity contribution in [2.45, 2.75) is 40.0 Å². The van der Waals surface area contributed by atoms with E-state index in [2.05, 4.69) is 20.8 Å². The van der Waals surface area contributed by atoms with Crippen molar-refractivity contribution in [2.75, 3.05) is 13.6 Å². The highest BCUT2D eigenvalue weighted by Gasteiger charge is 2.51. The minimum atomic E-state index is -0.545. The first kappa shape index (κ1) is 14.4. The van der Waals surface area contributed by atoms with Crippen LogP contribution in [0.2, 0.25) is 0 Å². The lowest BCUT2D eigenvalue weighted by Gasteiger charge is -2.46. The maximum Gasteiger partial charge on any atom is 0.235 e. The minimum absolute atomic E-state index is 0.114.